The molecule has 19 heavy (non-hydrogen) atoms. The lowest BCUT2D eigenvalue weighted by Gasteiger charge is -2.06. The summed E-state index contributed by atoms with van der Waals surface area (Å²) in [5.74, 6) is 0.718. The molecule has 2 rings (SSSR count). The highest BCUT2D eigenvalue weighted by atomic mass is 16.6. The van der Waals surface area contributed by atoms with Crippen LogP contribution in [0.2, 0.25) is 0 Å². The number of nitro groups is 1. The van der Waals surface area contributed by atoms with Gasteiger partial charge in [-0.2, -0.15) is 0 Å². The molecule has 0 amide bonds. The summed E-state index contributed by atoms with van der Waals surface area (Å²) < 4.78 is 6.34. The Balaban J connectivity index is 2.30. The van der Waals surface area contributed by atoms with Gasteiger partial charge in [0.25, 0.3) is 0 Å². The first-order chi connectivity index (χ1) is 9.11. The average molecular weight is 260 g/mol. The molecular weight excluding hydrogens is 248 g/mol. The van der Waals surface area contributed by atoms with Gasteiger partial charge < -0.3 is 9.30 Å². The standard InChI is InChI=1S/C13H12N2O4/c1-19-11-6-4-10(5-7-11)9-14-8-2-3-12(13(14)16)15(17)18/h2-8H,9H2,1H3. The van der Waals surface area contributed by atoms with Crippen LogP contribution in [0, 0.1) is 10.1 Å². The van der Waals surface area contributed by atoms with Crippen molar-refractivity contribution in [1.29, 1.82) is 0 Å². The number of hydrogen-bond acceptors (Lipinski definition) is 4. The van der Waals surface area contributed by atoms with Crippen molar-refractivity contribution in [2.24, 2.45) is 0 Å². The molecule has 1 aromatic heterocycles. The van der Waals surface area contributed by atoms with E-state index in [-0.39, 0.29) is 6.54 Å². The molecule has 0 aliphatic heterocycles. The summed E-state index contributed by atoms with van der Waals surface area (Å²) >= 11 is 0. The molecule has 6 nitrogen and oxygen atoms in total. The lowest BCUT2D eigenvalue weighted by atomic mass is 10.2. The summed E-state index contributed by atoms with van der Waals surface area (Å²) in [4.78, 5) is 21.8. The Morgan fingerprint density at radius 3 is 2.53 bits per heavy atom. The van der Waals surface area contributed by atoms with Gasteiger partial charge in [-0.05, 0) is 23.8 Å². The topological polar surface area (TPSA) is 74.4 Å². The van der Waals surface area contributed by atoms with Crippen LogP contribution in [0.25, 0.3) is 0 Å². The van der Waals surface area contributed by atoms with E-state index in [9.17, 15) is 14.9 Å². The minimum Gasteiger partial charge on any atom is -0.497 e. The number of aromatic nitrogens is 1. The number of ether oxygens (including phenoxy) is 1. The number of nitrogens with zero attached hydrogens (tertiary/aromatic N) is 2. The maximum atomic E-state index is 11.8. The molecular formula is C13H12N2O4. The van der Waals surface area contributed by atoms with Crippen LogP contribution in [0.3, 0.4) is 0 Å². The Kier molecular flexibility index (Phi) is 3.61. The molecule has 0 saturated heterocycles. The predicted octanol–water partition coefficient (Wildman–Crippen LogP) is 1.81. The van der Waals surface area contributed by atoms with E-state index < -0.39 is 16.2 Å². The smallest absolute Gasteiger partial charge is 0.334 e. The minimum absolute atomic E-state index is 0.282. The van der Waals surface area contributed by atoms with Gasteiger partial charge in [0.15, 0.2) is 0 Å². The first-order valence-corrected chi connectivity index (χ1v) is 5.58. The minimum atomic E-state index is -0.674. The van der Waals surface area contributed by atoms with Crippen molar-refractivity contribution in [1.82, 2.24) is 4.57 Å². The summed E-state index contributed by atoms with van der Waals surface area (Å²) in [5, 5.41) is 10.7. The highest BCUT2D eigenvalue weighted by Gasteiger charge is 2.13. The van der Waals surface area contributed by atoms with Crippen LogP contribution in [0.1, 0.15) is 5.56 Å². The fourth-order valence-electron chi connectivity index (χ4n) is 1.72. The van der Waals surface area contributed by atoms with E-state index in [1.807, 2.05) is 12.1 Å². The van der Waals surface area contributed by atoms with Gasteiger partial charge in [0.2, 0.25) is 0 Å². The maximum absolute atomic E-state index is 11.8. The van der Waals surface area contributed by atoms with Crippen molar-refractivity contribution >= 4 is 5.69 Å². The van der Waals surface area contributed by atoms with Crippen molar-refractivity contribution in [3.63, 3.8) is 0 Å². The van der Waals surface area contributed by atoms with Crippen LogP contribution in [0.4, 0.5) is 5.69 Å². The third-order valence-corrected chi connectivity index (χ3v) is 2.71. The molecule has 0 aliphatic carbocycles. The highest BCUT2D eigenvalue weighted by Crippen LogP contribution is 2.12. The molecule has 0 bridgehead atoms. The zero-order chi connectivity index (χ0) is 13.8. The quantitative estimate of drug-likeness (QED) is 0.620. The first kappa shape index (κ1) is 12.8. The van der Waals surface area contributed by atoms with Crippen LogP contribution < -0.4 is 10.3 Å². The molecule has 0 unspecified atom stereocenters. The molecule has 2 aromatic rings. The predicted molar refractivity (Wildman–Crippen MR) is 69.5 cm³/mol. The summed E-state index contributed by atoms with van der Waals surface area (Å²) in [6.07, 6.45) is 1.53. The molecule has 1 aromatic carbocycles. The second-order valence-electron chi connectivity index (χ2n) is 3.93. The van der Waals surface area contributed by atoms with Gasteiger partial charge in [-0.15, -0.1) is 0 Å². The monoisotopic (exact) mass is 260 g/mol. The van der Waals surface area contributed by atoms with E-state index in [2.05, 4.69) is 0 Å². The molecule has 0 spiro atoms. The highest BCUT2D eigenvalue weighted by molar-refractivity contribution is 5.29. The van der Waals surface area contributed by atoms with E-state index in [1.54, 1.807) is 19.2 Å². The molecule has 0 fully saturated rings. The van der Waals surface area contributed by atoms with Crippen LogP contribution in [0.5, 0.6) is 5.75 Å². The second kappa shape index (κ2) is 5.34. The summed E-state index contributed by atoms with van der Waals surface area (Å²) in [6.45, 7) is 0.282. The van der Waals surface area contributed by atoms with E-state index in [1.165, 1.54) is 22.9 Å². The van der Waals surface area contributed by atoms with E-state index >= 15 is 0 Å². The van der Waals surface area contributed by atoms with Crippen molar-refractivity contribution in [3.8, 4) is 5.75 Å². The Bertz CT molecular complexity index is 646. The van der Waals surface area contributed by atoms with Gasteiger partial charge in [-0.3, -0.25) is 14.9 Å². The lowest BCUT2D eigenvalue weighted by molar-refractivity contribution is -0.386. The lowest BCUT2D eigenvalue weighted by Crippen LogP contribution is -2.22. The number of methoxy groups -OCH3 is 1. The Morgan fingerprint density at radius 2 is 1.95 bits per heavy atom. The SMILES string of the molecule is COc1ccc(Cn2cccc([N+](=O)[O-])c2=O)cc1. The summed E-state index contributed by atoms with van der Waals surface area (Å²) in [5.41, 5.74) is -0.164. The van der Waals surface area contributed by atoms with Crippen LogP contribution in [-0.4, -0.2) is 16.6 Å². The molecule has 0 saturated carbocycles. The number of hydrogen-bond donors (Lipinski definition) is 0. The number of rotatable bonds is 4. The number of benzene rings is 1. The van der Waals surface area contributed by atoms with Gasteiger partial charge in [-0.1, -0.05) is 12.1 Å². The Morgan fingerprint density at radius 1 is 1.26 bits per heavy atom. The van der Waals surface area contributed by atoms with Crippen molar-refractivity contribution < 1.29 is 9.66 Å². The third-order valence-electron chi connectivity index (χ3n) is 2.71. The fourth-order valence-corrected chi connectivity index (χ4v) is 1.72. The largest absolute Gasteiger partial charge is 0.497 e. The van der Waals surface area contributed by atoms with Gasteiger partial charge in [0, 0.05) is 12.3 Å². The van der Waals surface area contributed by atoms with Crippen LogP contribution >= 0.6 is 0 Å². The molecule has 0 aliphatic rings. The van der Waals surface area contributed by atoms with E-state index in [0.29, 0.717) is 0 Å². The van der Waals surface area contributed by atoms with Gasteiger partial charge >= 0.3 is 11.2 Å². The fraction of sp³-hybridized carbons (Fsp3) is 0.154. The summed E-state index contributed by atoms with van der Waals surface area (Å²) in [6, 6.07) is 9.86. The molecule has 1 heterocycles. The van der Waals surface area contributed by atoms with E-state index in [0.717, 1.165) is 11.3 Å². The third kappa shape index (κ3) is 2.79. The van der Waals surface area contributed by atoms with Crippen molar-refractivity contribution in [2.75, 3.05) is 7.11 Å². The van der Waals surface area contributed by atoms with E-state index in [4.69, 9.17) is 4.74 Å². The second-order valence-corrected chi connectivity index (χ2v) is 3.93. The van der Waals surface area contributed by atoms with Gasteiger partial charge in [-0.25, -0.2) is 0 Å². The molecule has 6 heteroatoms. The van der Waals surface area contributed by atoms with Crippen LogP contribution in [-0.2, 0) is 6.54 Å². The average Bonchev–Trinajstić information content (AvgIpc) is 2.41. The van der Waals surface area contributed by atoms with Gasteiger partial charge in [0.1, 0.15) is 5.75 Å². The normalized spacial score (nSPS) is 10.2. The molecule has 0 atom stereocenters. The van der Waals surface area contributed by atoms with Crippen molar-refractivity contribution in [3.05, 3.63) is 68.6 Å². The Labute approximate surface area is 109 Å². The first-order valence-electron chi connectivity index (χ1n) is 5.58. The molecule has 0 N–H and O–H groups in total. The molecule has 0 radical (unpaired) electrons. The Hall–Kier alpha value is -2.63. The zero-order valence-electron chi connectivity index (χ0n) is 10.3. The summed E-state index contributed by atoms with van der Waals surface area (Å²) in [7, 11) is 1.57. The molecule has 98 valence electrons. The maximum Gasteiger partial charge on any atom is 0.334 e. The van der Waals surface area contributed by atoms with Crippen LogP contribution in [0.15, 0.2) is 47.4 Å². The number of pyridine rings is 1. The van der Waals surface area contributed by atoms with Crippen molar-refractivity contribution in [2.45, 2.75) is 6.54 Å². The zero-order valence-corrected chi connectivity index (χ0v) is 10.3. The van der Waals surface area contributed by atoms with Gasteiger partial charge in [0.05, 0.1) is 18.6 Å².